The third kappa shape index (κ3) is 6.31. The third-order valence-corrected chi connectivity index (χ3v) is 5.48. The number of rotatable bonds is 8. The van der Waals surface area contributed by atoms with Crippen molar-refractivity contribution in [3.05, 3.63) is 64.7 Å². The highest BCUT2D eigenvalue weighted by Gasteiger charge is 2.23. The Bertz CT molecular complexity index is 926. The van der Waals surface area contributed by atoms with Crippen LogP contribution in [0.4, 0.5) is 5.69 Å². The molecule has 0 aromatic heterocycles. The van der Waals surface area contributed by atoms with Gasteiger partial charge < -0.3 is 15.5 Å². The van der Waals surface area contributed by atoms with Crippen molar-refractivity contribution in [2.24, 2.45) is 5.92 Å². The summed E-state index contributed by atoms with van der Waals surface area (Å²) in [5.41, 5.74) is 2.26. The van der Waals surface area contributed by atoms with Crippen LogP contribution in [-0.2, 0) is 16.1 Å². The average molecular weight is 442 g/mol. The van der Waals surface area contributed by atoms with Crippen LogP contribution in [0.2, 0.25) is 5.02 Å². The number of amides is 3. The molecule has 3 rings (SSSR count). The molecule has 0 radical (unpaired) electrons. The van der Waals surface area contributed by atoms with Gasteiger partial charge in [0, 0.05) is 35.8 Å². The van der Waals surface area contributed by atoms with Crippen molar-refractivity contribution in [3.8, 4) is 0 Å². The Morgan fingerprint density at radius 3 is 2.32 bits per heavy atom. The van der Waals surface area contributed by atoms with Crippen LogP contribution in [0.1, 0.15) is 49.0 Å². The number of carbonyl (C=O) groups excluding carboxylic acids is 3. The number of hydrogen-bond acceptors (Lipinski definition) is 3. The third-order valence-electron chi connectivity index (χ3n) is 5.22. The number of nitrogens with zero attached hydrogens (tertiary/aromatic N) is 1. The molecule has 2 N–H and O–H groups in total. The predicted octanol–water partition coefficient (Wildman–Crippen LogP) is 3.93. The highest BCUT2D eigenvalue weighted by molar-refractivity contribution is 6.30. The van der Waals surface area contributed by atoms with E-state index in [1.165, 1.54) is 0 Å². The molecule has 0 saturated carbocycles. The van der Waals surface area contributed by atoms with Crippen LogP contribution in [0.25, 0.3) is 0 Å². The molecule has 1 atom stereocenters. The maximum Gasteiger partial charge on any atom is 0.251 e. The van der Waals surface area contributed by atoms with Crippen LogP contribution in [0.5, 0.6) is 0 Å². The molecule has 6 nitrogen and oxygen atoms in total. The Labute approximate surface area is 188 Å². The van der Waals surface area contributed by atoms with Gasteiger partial charge >= 0.3 is 0 Å². The molecule has 2 aromatic rings. The standard InChI is InChI=1S/C24H28ClN3O3/c1-16(2)14-21(27-23(30)18-7-9-19(25)10-8-18)24(31)26-15-17-5-11-20(12-6-17)28-13-3-4-22(28)29/h5-12,16,21H,3-4,13-15H2,1-2H3,(H,26,31)(H,27,30). The molecular weight excluding hydrogens is 414 g/mol. The maximum absolute atomic E-state index is 12.8. The van der Waals surface area contributed by atoms with Crippen molar-refractivity contribution in [1.29, 1.82) is 0 Å². The Kier molecular flexibility index (Phi) is 7.69. The van der Waals surface area contributed by atoms with Crippen molar-refractivity contribution < 1.29 is 14.4 Å². The zero-order valence-corrected chi connectivity index (χ0v) is 18.6. The first-order chi connectivity index (χ1) is 14.8. The first kappa shape index (κ1) is 22.8. The summed E-state index contributed by atoms with van der Waals surface area (Å²) in [4.78, 5) is 39.0. The number of nitrogens with one attached hydrogen (secondary N) is 2. The van der Waals surface area contributed by atoms with Gasteiger partial charge in [0.25, 0.3) is 5.91 Å². The second kappa shape index (κ2) is 10.4. The molecule has 3 amide bonds. The van der Waals surface area contributed by atoms with Crippen LogP contribution in [0.15, 0.2) is 48.5 Å². The van der Waals surface area contributed by atoms with Crippen molar-refractivity contribution in [2.75, 3.05) is 11.4 Å². The minimum atomic E-state index is -0.635. The molecule has 1 unspecified atom stereocenters. The molecule has 1 fully saturated rings. The Hall–Kier alpha value is -2.86. The van der Waals surface area contributed by atoms with Crippen molar-refractivity contribution in [1.82, 2.24) is 10.6 Å². The van der Waals surface area contributed by atoms with E-state index in [4.69, 9.17) is 11.6 Å². The molecule has 31 heavy (non-hydrogen) atoms. The van der Waals surface area contributed by atoms with E-state index in [-0.39, 0.29) is 23.6 Å². The molecule has 2 aromatic carbocycles. The Balaban J connectivity index is 1.59. The summed E-state index contributed by atoms with van der Waals surface area (Å²) < 4.78 is 0. The van der Waals surface area contributed by atoms with Crippen LogP contribution in [0, 0.1) is 5.92 Å². The van der Waals surface area contributed by atoms with Crippen molar-refractivity contribution in [3.63, 3.8) is 0 Å². The normalized spacial score (nSPS) is 14.6. The van der Waals surface area contributed by atoms with E-state index in [0.29, 0.717) is 30.0 Å². The summed E-state index contributed by atoms with van der Waals surface area (Å²) >= 11 is 5.88. The summed E-state index contributed by atoms with van der Waals surface area (Å²) in [6, 6.07) is 13.5. The number of halogens is 1. The maximum atomic E-state index is 12.8. The molecule has 164 valence electrons. The van der Waals surface area contributed by atoms with Gasteiger partial charge in [-0.2, -0.15) is 0 Å². The molecular formula is C24H28ClN3O3. The van der Waals surface area contributed by atoms with Crippen LogP contribution >= 0.6 is 11.6 Å². The highest BCUT2D eigenvalue weighted by Crippen LogP contribution is 2.21. The molecule has 0 aliphatic carbocycles. The number of anilines is 1. The SMILES string of the molecule is CC(C)CC(NC(=O)c1ccc(Cl)cc1)C(=O)NCc1ccc(N2CCCC2=O)cc1. The first-order valence-electron chi connectivity index (χ1n) is 10.6. The van der Waals surface area contributed by atoms with Crippen molar-refractivity contribution in [2.45, 2.75) is 45.7 Å². The topological polar surface area (TPSA) is 78.5 Å². The fourth-order valence-electron chi connectivity index (χ4n) is 3.57. The number of benzene rings is 2. The number of hydrogen-bond donors (Lipinski definition) is 2. The van der Waals surface area contributed by atoms with Gasteiger partial charge in [-0.3, -0.25) is 14.4 Å². The van der Waals surface area contributed by atoms with Crippen LogP contribution in [0.3, 0.4) is 0 Å². The Morgan fingerprint density at radius 1 is 1.06 bits per heavy atom. The van der Waals surface area contributed by atoms with E-state index >= 15 is 0 Å². The Morgan fingerprint density at radius 2 is 1.74 bits per heavy atom. The van der Waals surface area contributed by atoms with E-state index in [1.54, 1.807) is 29.2 Å². The minimum absolute atomic E-state index is 0.147. The molecule has 0 bridgehead atoms. The second-order valence-corrected chi connectivity index (χ2v) is 8.63. The van der Waals surface area contributed by atoms with Gasteiger partial charge in [-0.15, -0.1) is 0 Å². The zero-order valence-electron chi connectivity index (χ0n) is 17.9. The molecule has 1 aliphatic rings. The van der Waals surface area contributed by atoms with E-state index < -0.39 is 6.04 Å². The summed E-state index contributed by atoms with van der Waals surface area (Å²) in [5, 5.41) is 6.30. The lowest BCUT2D eigenvalue weighted by atomic mass is 10.0. The van der Waals surface area contributed by atoms with Crippen LogP contribution < -0.4 is 15.5 Å². The van der Waals surface area contributed by atoms with Gasteiger partial charge in [-0.05, 0) is 60.7 Å². The van der Waals surface area contributed by atoms with E-state index in [9.17, 15) is 14.4 Å². The lowest BCUT2D eigenvalue weighted by Gasteiger charge is -2.20. The van der Waals surface area contributed by atoms with Crippen molar-refractivity contribution >= 4 is 35.0 Å². The zero-order chi connectivity index (χ0) is 22.4. The van der Waals surface area contributed by atoms with E-state index in [2.05, 4.69) is 10.6 Å². The predicted molar refractivity (Wildman–Crippen MR) is 122 cm³/mol. The van der Waals surface area contributed by atoms with E-state index in [0.717, 1.165) is 24.2 Å². The highest BCUT2D eigenvalue weighted by atomic mass is 35.5. The molecule has 1 saturated heterocycles. The fourth-order valence-corrected chi connectivity index (χ4v) is 3.70. The average Bonchev–Trinajstić information content (AvgIpc) is 3.18. The molecule has 1 heterocycles. The second-order valence-electron chi connectivity index (χ2n) is 8.20. The van der Waals surface area contributed by atoms with Gasteiger partial charge in [0.15, 0.2) is 0 Å². The lowest BCUT2D eigenvalue weighted by Crippen LogP contribution is -2.47. The summed E-state index contributed by atoms with van der Waals surface area (Å²) in [5.74, 6) is -0.153. The number of carbonyl (C=O) groups is 3. The van der Waals surface area contributed by atoms with Gasteiger partial charge in [0.2, 0.25) is 11.8 Å². The lowest BCUT2D eigenvalue weighted by molar-refractivity contribution is -0.123. The summed E-state index contributed by atoms with van der Waals surface area (Å²) in [6.45, 7) is 5.11. The molecule has 1 aliphatic heterocycles. The largest absolute Gasteiger partial charge is 0.350 e. The smallest absolute Gasteiger partial charge is 0.251 e. The van der Waals surface area contributed by atoms with Gasteiger partial charge in [-0.25, -0.2) is 0 Å². The van der Waals surface area contributed by atoms with Gasteiger partial charge in [-0.1, -0.05) is 37.6 Å². The van der Waals surface area contributed by atoms with Gasteiger partial charge in [0.05, 0.1) is 0 Å². The van der Waals surface area contributed by atoms with Crippen LogP contribution in [-0.4, -0.2) is 30.3 Å². The summed E-state index contributed by atoms with van der Waals surface area (Å²) in [7, 11) is 0. The first-order valence-corrected chi connectivity index (χ1v) is 10.9. The monoisotopic (exact) mass is 441 g/mol. The fraction of sp³-hybridized carbons (Fsp3) is 0.375. The van der Waals surface area contributed by atoms with E-state index in [1.807, 2.05) is 38.1 Å². The quantitative estimate of drug-likeness (QED) is 0.651. The molecule has 7 heteroatoms. The molecule has 0 spiro atoms. The minimum Gasteiger partial charge on any atom is -0.350 e. The summed E-state index contributed by atoms with van der Waals surface area (Å²) in [6.07, 6.45) is 2.01. The van der Waals surface area contributed by atoms with Gasteiger partial charge in [0.1, 0.15) is 6.04 Å².